The maximum Gasteiger partial charge on any atom is 0.234 e. The highest BCUT2D eigenvalue weighted by Gasteiger charge is 2.18. The van der Waals surface area contributed by atoms with Crippen molar-refractivity contribution in [2.75, 3.05) is 24.8 Å². The summed E-state index contributed by atoms with van der Waals surface area (Å²) in [6.07, 6.45) is 0. The molecule has 1 aromatic heterocycles. The number of nitrogens with zero attached hydrogens (tertiary/aromatic N) is 3. The van der Waals surface area contributed by atoms with E-state index < -0.39 is 0 Å². The highest BCUT2D eigenvalue weighted by atomic mass is 32.2. The molecule has 35 heavy (non-hydrogen) atoms. The predicted molar refractivity (Wildman–Crippen MR) is 140 cm³/mol. The second-order valence-electron chi connectivity index (χ2n) is 7.88. The molecule has 0 aliphatic heterocycles. The van der Waals surface area contributed by atoms with Gasteiger partial charge in [0, 0.05) is 16.9 Å². The van der Waals surface area contributed by atoms with Crippen molar-refractivity contribution in [1.29, 1.82) is 0 Å². The quantitative estimate of drug-likeness (QED) is 0.305. The number of aryl methyl sites for hydroxylation is 1. The Labute approximate surface area is 209 Å². The summed E-state index contributed by atoms with van der Waals surface area (Å²) >= 11 is 1.34. The fourth-order valence-electron chi connectivity index (χ4n) is 3.58. The number of amides is 1. The molecule has 4 rings (SSSR count). The predicted octanol–water partition coefficient (Wildman–Crippen LogP) is 5.69. The first-order valence-electron chi connectivity index (χ1n) is 11.3. The molecule has 0 radical (unpaired) electrons. The molecule has 0 saturated carbocycles. The topological polar surface area (TPSA) is 78.3 Å². The number of ether oxygens (including phenoxy) is 2. The number of rotatable bonds is 9. The molecule has 8 heteroatoms. The summed E-state index contributed by atoms with van der Waals surface area (Å²) in [6.45, 7) is 6.58. The van der Waals surface area contributed by atoms with E-state index in [1.165, 1.54) is 11.8 Å². The Morgan fingerprint density at radius 3 is 2.37 bits per heavy atom. The first-order chi connectivity index (χ1) is 17.0. The zero-order chi connectivity index (χ0) is 24.8. The summed E-state index contributed by atoms with van der Waals surface area (Å²) in [4.78, 5) is 12.7. The average Bonchev–Trinajstić information content (AvgIpc) is 3.30. The fraction of sp³-hybridized carbons (Fsp3) is 0.222. The Hall–Kier alpha value is -3.78. The van der Waals surface area contributed by atoms with Gasteiger partial charge in [-0.25, -0.2) is 0 Å². The van der Waals surface area contributed by atoms with E-state index in [9.17, 15) is 4.79 Å². The Balaban J connectivity index is 1.61. The molecule has 0 saturated heterocycles. The van der Waals surface area contributed by atoms with Crippen molar-refractivity contribution in [2.24, 2.45) is 0 Å². The van der Waals surface area contributed by atoms with Crippen LogP contribution >= 0.6 is 11.8 Å². The van der Waals surface area contributed by atoms with E-state index in [-0.39, 0.29) is 11.7 Å². The summed E-state index contributed by atoms with van der Waals surface area (Å²) in [7, 11) is 1.63. The number of thioether (sulfide) groups is 1. The Kier molecular flexibility index (Phi) is 7.72. The van der Waals surface area contributed by atoms with Crippen molar-refractivity contribution in [3.63, 3.8) is 0 Å². The van der Waals surface area contributed by atoms with Crippen molar-refractivity contribution in [3.05, 3.63) is 77.9 Å². The van der Waals surface area contributed by atoms with Gasteiger partial charge in [-0.3, -0.25) is 9.36 Å². The summed E-state index contributed by atoms with van der Waals surface area (Å²) in [5, 5.41) is 12.5. The van der Waals surface area contributed by atoms with Crippen molar-refractivity contribution in [2.45, 2.75) is 25.9 Å². The molecule has 180 valence electrons. The van der Waals surface area contributed by atoms with Crippen LogP contribution in [0.4, 0.5) is 5.69 Å². The number of hydrogen-bond donors (Lipinski definition) is 1. The molecular formula is C27H28N4O3S. The molecule has 3 aromatic carbocycles. The van der Waals surface area contributed by atoms with Crippen LogP contribution in [0, 0.1) is 13.8 Å². The molecule has 1 heterocycles. The number of anilines is 1. The number of nitrogens with one attached hydrogen (secondary N) is 1. The van der Waals surface area contributed by atoms with Gasteiger partial charge in [0.05, 0.1) is 19.5 Å². The molecule has 0 aliphatic rings. The Morgan fingerprint density at radius 2 is 1.69 bits per heavy atom. The van der Waals surface area contributed by atoms with Gasteiger partial charge in [0.15, 0.2) is 11.0 Å². The van der Waals surface area contributed by atoms with Crippen LogP contribution in [0.1, 0.15) is 18.1 Å². The zero-order valence-electron chi connectivity index (χ0n) is 20.2. The molecule has 0 spiro atoms. The van der Waals surface area contributed by atoms with Crippen molar-refractivity contribution < 1.29 is 14.3 Å². The molecular weight excluding hydrogens is 460 g/mol. The molecule has 4 aromatic rings. The maximum absolute atomic E-state index is 12.7. The third-order valence-electron chi connectivity index (χ3n) is 5.60. The van der Waals surface area contributed by atoms with Crippen LogP contribution in [0.15, 0.2) is 71.9 Å². The molecule has 0 unspecified atom stereocenters. The van der Waals surface area contributed by atoms with E-state index in [2.05, 4.69) is 15.5 Å². The van der Waals surface area contributed by atoms with Crippen molar-refractivity contribution in [1.82, 2.24) is 14.8 Å². The molecule has 0 fully saturated rings. The lowest BCUT2D eigenvalue weighted by Crippen LogP contribution is -2.15. The van der Waals surface area contributed by atoms with Gasteiger partial charge in [-0.05, 0) is 86.5 Å². The van der Waals surface area contributed by atoms with Gasteiger partial charge in [-0.15, -0.1) is 10.2 Å². The number of carbonyl (C=O) groups is 1. The van der Waals surface area contributed by atoms with E-state index in [0.29, 0.717) is 17.6 Å². The fourth-order valence-corrected chi connectivity index (χ4v) is 4.34. The van der Waals surface area contributed by atoms with Gasteiger partial charge in [-0.2, -0.15) is 0 Å². The molecule has 0 aliphatic carbocycles. The highest BCUT2D eigenvalue weighted by Crippen LogP contribution is 2.30. The van der Waals surface area contributed by atoms with E-state index >= 15 is 0 Å². The van der Waals surface area contributed by atoms with Gasteiger partial charge in [-0.1, -0.05) is 23.9 Å². The number of methoxy groups -OCH3 is 1. The number of benzene rings is 3. The number of hydrogen-bond acceptors (Lipinski definition) is 6. The lowest BCUT2D eigenvalue weighted by Gasteiger charge is -2.12. The minimum absolute atomic E-state index is 0.101. The lowest BCUT2D eigenvalue weighted by atomic mass is 10.1. The SMILES string of the molecule is CCOc1ccc(-n2c(SCC(=O)Nc3cccc(C)c3C)nnc2-c2ccc(OC)cc2)cc1. The van der Waals surface area contributed by atoms with Gasteiger partial charge in [0.1, 0.15) is 11.5 Å². The van der Waals surface area contributed by atoms with Crippen LogP contribution in [0.2, 0.25) is 0 Å². The van der Waals surface area contributed by atoms with Gasteiger partial charge in [0.25, 0.3) is 0 Å². The number of aromatic nitrogens is 3. The minimum atomic E-state index is -0.101. The summed E-state index contributed by atoms with van der Waals surface area (Å²) in [5.74, 6) is 2.33. The van der Waals surface area contributed by atoms with E-state index in [1.54, 1.807) is 7.11 Å². The molecule has 0 atom stereocenters. The van der Waals surface area contributed by atoms with Gasteiger partial charge < -0.3 is 14.8 Å². The largest absolute Gasteiger partial charge is 0.497 e. The summed E-state index contributed by atoms with van der Waals surface area (Å²) < 4.78 is 12.8. The molecule has 7 nitrogen and oxygen atoms in total. The van der Waals surface area contributed by atoms with E-state index in [1.807, 2.05) is 92.1 Å². The van der Waals surface area contributed by atoms with Crippen LogP contribution in [-0.4, -0.2) is 40.1 Å². The summed E-state index contributed by atoms with van der Waals surface area (Å²) in [5.41, 5.74) is 4.78. The van der Waals surface area contributed by atoms with Crippen molar-refractivity contribution in [3.8, 4) is 28.6 Å². The van der Waals surface area contributed by atoms with Crippen LogP contribution in [0.25, 0.3) is 17.1 Å². The molecule has 0 bridgehead atoms. The monoisotopic (exact) mass is 488 g/mol. The second-order valence-corrected chi connectivity index (χ2v) is 8.82. The van der Waals surface area contributed by atoms with Gasteiger partial charge >= 0.3 is 0 Å². The van der Waals surface area contributed by atoms with Crippen LogP contribution in [0.5, 0.6) is 11.5 Å². The van der Waals surface area contributed by atoms with E-state index in [0.717, 1.165) is 39.6 Å². The normalized spacial score (nSPS) is 10.7. The second kappa shape index (κ2) is 11.1. The minimum Gasteiger partial charge on any atom is -0.497 e. The first kappa shape index (κ1) is 24.3. The maximum atomic E-state index is 12.7. The van der Waals surface area contributed by atoms with Crippen LogP contribution < -0.4 is 14.8 Å². The molecule has 1 N–H and O–H groups in total. The summed E-state index contributed by atoms with van der Waals surface area (Å²) in [6, 6.07) is 21.3. The standard InChI is InChI=1S/C27H28N4O3S/c1-5-34-23-15-11-21(12-16-23)31-26(20-9-13-22(33-4)14-10-20)29-30-27(31)35-17-25(32)28-24-8-6-7-18(2)19(24)3/h6-16H,5,17H2,1-4H3,(H,28,32). The third-order valence-corrected chi connectivity index (χ3v) is 6.53. The average molecular weight is 489 g/mol. The first-order valence-corrected chi connectivity index (χ1v) is 12.3. The highest BCUT2D eigenvalue weighted by molar-refractivity contribution is 7.99. The van der Waals surface area contributed by atoms with Crippen molar-refractivity contribution >= 4 is 23.4 Å². The Morgan fingerprint density at radius 1 is 0.971 bits per heavy atom. The third kappa shape index (κ3) is 5.66. The van der Waals surface area contributed by atoms with Gasteiger partial charge in [0.2, 0.25) is 5.91 Å². The number of carbonyl (C=O) groups excluding carboxylic acids is 1. The van der Waals surface area contributed by atoms with E-state index in [4.69, 9.17) is 9.47 Å². The Bertz CT molecular complexity index is 1300. The molecule has 1 amide bonds. The lowest BCUT2D eigenvalue weighted by molar-refractivity contribution is -0.113. The van der Waals surface area contributed by atoms with Crippen LogP contribution in [-0.2, 0) is 4.79 Å². The smallest absolute Gasteiger partial charge is 0.234 e. The van der Waals surface area contributed by atoms with Crippen LogP contribution in [0.3, 0.4) is 0 Å². The zero-order valence-corrected chi connectivity index (χ0v) is 21.1.